The van der Waals surface area contributed by atoms with E-state index in [1.807, 2.05) is 0 Å². The first-order valence-electron chi connectivity index (χ1n) is 21.0. The molecule has 0 aromatic heterocycles. The molecule has 2 fully saturated rings. The van der Waals surface area contributed by atoms with Crippen molar-refractivity contribution in [2.75, 3.05) is 13.0 Å². The second-order valence-electron chi connectivity index (χ2n) is 7.70. The molecule has 0 radical (unpaired) electrons. The van der Waals surface area contributed by atoms with Gasteiger partial charge in [-0.2, -0.15) is 13.2 Å². The molecular weight excluding hydrogens is 449 g/mol. The summed E-state index contributed by atoms with van der Waals surface area (Å²) in [6.07, 6.45) is -24.8. The minimum atomic E-state index is -5.32. The van der Waals surface area contributed by atoms with Crippen molar-refractivity contribution in [3.63, 3.8) is 0 Å². The molecule has 0 spiro atoms. The number of nitrogens with zero attached hydrogens (tertiary/aromatic N) is 2. The summed E-state index contributed by atoms with van der Waals surface area (Å²) in [7, 11) is 0. The van der Waals surface area contributed by atoms with E-state index in [4.69, 9.17) is 33.6 Å². The molecule has 0 atom stereocenters. The van der Waals surface area contributed by atoms with Gasteiger partial charge in [0.25, 0.3) is 0 Å². The van der Waals surface area contributed by atoms with Crippen LogP contribution in [0.1, 0.15) is 121 Å². The topological polar surface area (TPSA) is 24.8 Å². The maximum absolute atomic E-state index is 14.5. The van der Waals surface area contributed by atoms with Gasteiger partial charge in [-0.05, 0) is 97.2 Å². The average Bonchev–Trinajstić information content (AvgIpc) is 3.02. The van der Waals surface area contributed by atoms with E-state index in [-0.39, 0.29) is 21.7 Å². The lowest BCUT2D eigenvalue weighted by molar-refractivity contribution is -0.138. The van der Waals surface area contributed by atoms with Gasteiger partial charge < -0.3 is 4.84 Å². The molecular formula is C29H37F3N2O. The van der Waals surface area contributed by atoms with E-state index in [0.29, 0.717) is 19.1 Å². The van der Waals surface area contributed by atoms with Gasteiger partial charge in [-0.15, -0.1) is 0 Å². The molecule has 4 rings (SSSR count). The van der Waals surface area contributed by atoms with Crippen LogP contribution in [0.2, 0.25) is 0 Å². The second-order valence-corrected chi connectivity index (χ2v) is 7.70. The predicted octanol–water partition coefficient (Wildman–Crippen LogP) is 7.71. The summed E-state index contributed by atoms with van der Waals surface area (Å²) in [5, 5.41) is 3.77. The van der Waals surface area contributed by atoms with Gasteiger partial charge in [0.15, 0.2) is 0 Å². The lowest BCUT2D eigenvalue weighted by Crippen LogP contribution is -2.36. The summed E-state index contributed by atoms with van der Waals surface area (Å²) in [4.78, 5) is 5.26. The van der Waals surface area contributed by atoms with Gasteiger partial charge in [0, 0.05) is 35.3 Å². The van der Waals surface area contributed by atoms with Crippen molar-refractivity contribution < 1.29 is 46.8 Å². The monoisotopic (exact) mass is 507 g/mol. The first-order chi connectivity index (χ1) is 24.7. The number of benzene rings is 2. The molecule has 1 aliphatic heterocycles. The molecule has 2 aromatic rings. The molecule has 1 aliphatic carbocycles. The molecule has 0 N–H and O–H groups in total. The minimum Gasteiger partial charge on any atom is -0.391 e. The Kier molecular flexibility index (Phi) is 3.25. The summed E-state index contributed by atoms with van der Waals surface area (Å²) in [6.45, 7) is -11.3. The molecule has 190 valence electrons. The van der Waals surface area contributed by atoms with Crippen LogP contribution in [-0.4, -0.2) is 23.6 Å². The molecule has 6 heteroatoms. The van der Waals surface area contributed by atoms with E-state index in [9.17, 15) is 13.2 Å². The van der Waals surface area contributed by atoms with Gasteiger partial charge in [-0.1, -0.05) is 55.9 Å². The molecule has 35 heavy (non-hydrogen) atoms. The Hall–Kier alpha value is -2.34. The fraction of sp³-hybridized carbons (Fsp3) is 0.552. The number of alkyl halides is 3. The van der Waals surface area contributed by atoms with Gasteiger partial charge in [-0.25, -0.2) is 0 Å². The van der Waals surface area contributed by atoms with Crippen LogP contribution < -0.4 is 0 Å². The maximum atomic E-state index is 14.5. The van der Waals surface area contributed by atoms with Gasteiger partial charge in [0.1, 0.15) is 6.61 Å². The van der Waals surface area contributed by atoms with E-state index in [1.54, 1.807) is 0 Å². The lowest BCUT2D eigenvalue weighted by Gasteiger charge is -2.31. The van der Waals surface area contributed by atoms with Crippen LogP contribution in [0.5, 0.6) is 0 Å². The molecule has 1 heterocycles. The number of aryl methyl sites for hydroxylation is 1. The van der Waals surface area contributed by atoms with E-state index in [1.165, 1.54) is 6.92 Å². The van der Waals surface area contributed by atoms with Crippen LogP contribution >= 0.6 is 0 Å². The zero-order chi connectivity index (χ0) is 43.6. The van der Waals surface area contributed by atoms with E-state index in [0.717, 1.165) is 24.3 Å². The summed E-state index contributed by atoms with van der Waals surface area (Å²) >= 11 is 0. The average molecular weight is 508 g/mol. The van der Waals surface area contributed by atoms with Crippen LogP contribution in [-0.2, 0) is 30.5 Å². The van der Waals surface area contributed by atoms with Gasteiger partial charge in [-0.3, -0.25) is 4.90 Å². The summed E-state index contributed by atoms with van der Waals surface area (Å²) in [5.74, 6) is -5.78. The van der Waals surface area contributed by atoms with Crippen molar-refractivity contribution in [1.82, 2.24) is 4.90 Å². The number of hydrogen-bond donors (Lipinski definition) is 0. The highest BCUT2D eigenvalue weighted by atomic mass is 19.4. The van der Waals surface area contributed by atoms with Gasteiger partial charge in [0.05, 0.1) is 11.3 Å². The normalized spacial score (nSPS) is 42.9. The Labute approximate surface area is 236 Å². The van der Waals surface area contributed by atoms with Crippen LogP contribution in [0.15, 0.2) is 41.6 Å². The Balaban J connectivity index is 1.74. The quantitative estimate of drug-likeness (QED) is 0.270. The Morgan fingerprint density at radius 3 is 2.66 bits per heavy atom. The fourth-order valence-electron chi connectivity index (χ4n) is 3.31. The zero-order valence-electron chi connectivity index (χ0n) is 39.8. The van der Waals surface area contributed by atoms with Gasteiger partial charge in [0.2, 0.25) is 0 Å². The molecule has 1 saturated carbocycles. The third-order valence-corrected chi connectivity index (χ3v) is 5.17. The predicted molar refractivity (Wildman–Crippen MR) is 135 cm³/mol. The minimum absolute atomic E-state index is 0.0541. The van der Waals surface area contributed by atoms with E-state index < -0.39 is 111 Å². The number of halogens is 3. The SMILES string of the molecule is [2H]C1C([2H])([2H])N(C([2H])([2H])c2ccc(/C(C)=N/OCc3ccc(C4C([2H])([2H])C([2H])([2H])C([2H])(C)C([2H])([2H])C4([2H])[2H])c(C(F)(F)F)c3)cc2C([2H])([2H])C([2H])([2H])[2H])C1([2H])[2H]. The van der Waals surface area contributed by atoms with E-state index in [2.05, 4.69) is 5.16 Å². The Morgan fingerprint density at radius 1 is 1.17 bits per heavy atom. The maximum Gasteiger partial charge on any atom is 0.416 e. The summed E-state index contributed by atoms with van der Waals surface area (Å²) < 4.78 is 216. The Morgan fingerprint density at radius 2 is 1.94 bits per heavy atom. The fourth-order valence-corrected chi connectivity index (χ4v) is 3.31. The third kappa shape index (κ3) is 6.46. The summed E-state index contributed by atoms with van der Waals surface area (Å²) in [6, 6.07) is 4.88. The van der Waals surface area contributed by atoms with Crippen LogP contribution in [0.25, 0.3) is 0 Å². The molecule has 2 aliphatic rings. The number of hydrogen-bond acceptors (Lipinski definition) is 3. The smallest absolute Gasteiger partial charge is 0.391 e. The van der Waals surface area contributed by atoms with Crippen LogP contribution in [0, 0.1) is 5.89 Å². The highest BCUT2D eigenvalue weighted by Gasteiger charge is 2.36. The van der Waals surface area contributed by atoms with Crippen molar-refractivity contribution in [2.45, 2.75) is 84.2 Å². The molecule has 3 nitrogen and oxygen atoms in total. The molecule has 0 bridgehead atoms. The van der Waals surface area contributed by atoms with Gasteiger partial charge >= 0.3 is 6.18 Å². The number of likely N-dealkylation sites (tertiary alicyclic amines) is 1. The first kappa shape index (κ1) is 10.2. The summed E-state index contributed by atoms with van der Waals surface area (Å²) in [5.41, 5.74) is -4.98. The standard InChI is InChI=1S/C29H37F3N2O/c1-4-23-17-25(11-12-26(23)18-34-14-5-15-34)21(3)33-35-19-22-8-13-27(28(16-22)29(30,31)32)24-9-6-20(2)7-10-24/h8,11-13,16-17,20,24H,4-7,9-10,14-15,18-19H2,1-3H3/b33-21+/i1D3,4D2,5D,6D2,7D2,9D2,10D2,14D2,15D2,18D2,20D. The van der Waals surface area contributed by atoms with E-state index >= 15 is 0 Å². The zero-order valence-corrected chi connectivity index (χ0v) is 18.8. The van der Waals surface area contributed by atoms with Crippen molar-refractivity contribution in [3.05, 3.63) is 69.8 Å². The van der Waals surface area contributed by atoms with Crippen molar-refractivity contribution in [2.24, 2.45) is 11.0 Å². The molecule has 2 aromatic carbocycles. The second kappa shape index (κ2) is 11.2. The first-order valence-corrected chi connectivity index (χ1v) is 10.5. The molecule has 1 saturated heterocycles. The van der Waals surface area contributed by atoms with Crippen LogP contribution in [0.4, 0.5) is 13.2 Å². The van der Waals surface area contributed by atoms with Crippen molar-refractivity contribution >= 4 is 5.71 Å². The van der Waals surface area contributed by atoms with Crippen LogP contribution in [0.3, 0.4) is 0 Å². The highest BCUT2D eigenvalue weighted by molar-refractivity contribution is 5.98. The van der Waals surface area contributed by atoms with Crippen molar-refractivity contribution in [1.29, 1.82) is 0 Å². The number of oxime groups is 1. The molecule has 0 unspecified atom stereocenters. The van der Waals surface area contributed by atoms with Crippen molar-refractivity contribution in [3.8, 4) is 0 Å². The third-order valence-electron chi connectivity index (χ3n) is 5.17. The lowest BCUT2D eigenvalue weighted by atomic mass is 9.78. The largest absolute Gasteiger partial charge is 0.416 e. The highest BCUT2D eigenvalue weighted by Crippen LogP contribution is 2.42. The Bertz CT molecular complexity index is 1840. The molecule has 0 amide bonds. The number of rotatable bonds is 8.